The summed E-state index contributed by atoms with van der Waals surface area (Å²) in [5.41, 5.74) is 12.1. The first kappa shape index (κ1) is 8.93. The fourth-order valence-corrected chi connectivity index (χ4v) is 1.36. The number of hydrogen-bond donors (Lipinski definition) is 3. The fraction of sp³-hybridized carbons (Fsp3) is 0.125. The molecule has 0 aromatic heterocycles. The van der Waals surface area contributed by atoms with Gasteiger partial charge in [-0.25, -0.2) is 0 Å². The largest absolute Gasteiger partial charge is 0.398 e. The number of amidine groups is 1. The standard InChI is InChI=1S/C8H11N3S/c1-12-5-2-3-6(8(10)11)7(9)4-5/h2-4H,9H2,1H3,(H3,10,11). The van der Waals surface area contributed by atoms with Crippen molar-refractivity contribution in [3.8, 4) is 0 Å². The van der Waals surface area contributed by atoms with Gasteiger partial charge in [0, 0.05) is 16.1 Å². The van der Waals surface area contributed by atoms with E-state index in [-0.39, 0.29) is 5.84 Å². The van der Waals surface area contributed by atoms with Crippen LogP contribution in [0.25, 0.3) is 0 Å². The van der Waals surface area contributed by atoms with E-state index in [2.05, 4.69) is 0 Å². The van der Waals surface area contributed by atoms with E-state index in [9.17, 15) is 0 Å². The van der Waals surface area contributed by atoms with Gasteiger partial charge in [-0.1, -0.05) is 0 Å². The highest BCUT2D eigenvalue weighted by Gasteiger charge is 2.01. The molecule has 0 spiro atoms. The third-order valence-electron chi connectivity index (χ3n) is 1.55. The Morgan fingerprint density at radius 1 is 1.50 bits per heavy atom. The molecule has 1 rings (SSSR count). The summed E-state index contributed by atoms with van der Waals surface area (Å²) in [6, 6.07) is 5.49. The van der Waals surface area contributed by atoms with Crippen LogP contribution in [-0.2, 0) is 0 Å². The molecule has 0 atom stereocenters. The molecule has 1 aromatic carbocycles. The first-order chi connectivity index (χ1) is 5.65. The predicted octanol–water partition coefficient (Wildman–Crippen LogP) is 1.27. The van der Waals surface area contributed by atoms with Gasteiger partial charge in [0.15, 0.2) is 0 Å². The zero-order valence-electron chi connectivity index (χ0n) is 6.79. The second kappa shape index (κ2) is 3.49. The van der Waals surface area contributed by atoms with E-state index in [0.717, 1.165) is 4.90 Å². The molecule has 0 aliphatic carbocycles. The maximum atomic E-state index is 7.19. The van der Waals surface area contributed by atoms with Gasteiger partial charge in [-0.3, -0.25) is 5.41 Å². The summed E-state index contributed by atoms with van der Waals surface area (Å²) in [4.78, 5) is 1.08. The van der Waals surface area contributed by atoms with E-state index in [1.54, 1.807) is 17.8 Å². The average molecular weight is 181 g/mol. The van der Waals surface area contributed by atoms with Crippen LogP contribution in [0.15, 0.2) is 23.1 Å². The Morgan fingerprint density at radius 3 is 2.58 bits per heavy atom. The Morgan fingerprint density at radius 2 is 2.17 bits per heavy atom. The first-order valence-corrected chi connectivity index (χ1v) is 4.65. The van der Waals surface area contributed by atoms with Gasteiger partial charge in [-0.05, 0) is 24.5 Å². The topological polar surface area (TPSA) is 75.9 Å². The van der Waals surface area contributed by atoms with Crippen LogP contribution < -0.4 is 11.5 Å². The highest BCUT2D eigenvalue weighted by atomic mass is 32.2. The molecule has 0 aliphatic rings. The number of hydrogen-bond acceptors (Lipinski definition) is 3. The molecule has 1 aromatic rings. The number of benzene rings is 1. The third-order valence-corrected chi connectivity index (χ3v) is 2.27. The molecule has 5 N–H and O–H groups in total. The molecular formula is C8H11N3S. The Labute approximate surface area is 75.6 Å². The number of nitrogens with one attached hydrogen (secondary N) is 1. The van der Waals surface area contributed by atoms with Gasteiger partial charge < -0.3 is 11.5 Å². The maximum absolute atomic E-state index is 7.19. The molecule has 3 nitrogen and oxygen atoms in total. The van der Waals surface area contributed by atoms with E-state index in [0.29, 0.717) is 11.3 Å². The molecule has 4 heteroatoms. The summed E-state index contributed by atoms with van der Waals surface area (Å²) < 4.78 is 0. The second-order valence-corrected chi connectivity index (χ2v) is 3.25. The number of anilines is 1. The maximum Gasteiger partial charge on any atom is 0.124 e. The van der Waals surface area contributed by atoms with Crippen LogP contribution in [0.1, 0.15) is 5.56 Å². The molecule has 0 unspecified atom stereocenters. The van der Waals surface area contributed by atoms with Crippen molar-refractivity contribution in [1.29, 1.82) is 5.41 Å². The minimum absolute atomic E-state index is 0.0140. The molecule has 64 valence electrons. The minimum atomic E-state index is 0.0140. The van der Waals surface area contributed by atoms with Crippen molar-refractivity contribution in [2.75, 3.05) is 12.0 Å². The summed E-state index contributed by atoms with van der Waals surface area (Å²) in [7, 11) is 0. The highest BCUT2D eigenvalue weighted by Crippen LogP contribution is 2.20. The highest BCUT2D eigenvalue weighted by molar-refractivity contribution is 7.98. The molecule has 0 radical (unpaired) electrons. The van der Waals surface area contributed by atoms with Crippen LogP contribution in [0.4, 0.5) is 5.69 Å². The van der Waals surface area contributed by atoms with Crippen molar-refractivity contribution in [3.05, 3.63) is 23.8 Å². The molecule has 0 bridgehead atoms. The zero-order chi connectivity index (χ0) is 9.14. The van der Waals surface area contributed by atoms with E-state index in [1.807, 2.05) is 18.4 Å². The number of thioether (sulfide) groups is 1. The predicted molar refractivity (Wildman–Crippen MR) is 53.7 cm³/mol. The normalized spacial score (nSPS) is 9.75. The molecule has 0 saturated carbocycles. The number of nitrogen functional groups attached to an aromatic ring is 2. The van der Waals surface area contributed by atoms with Gasteiger partial charge in [0.1, 0.15) is 5.84 Å². The lowest BCUT2D eigenvalue weighted by atomic mass is 10.2. The van der Waals surface area contributed by atoms with Gasteiger partial charge in [0.05, 0.1) is 0 Å². The van der Waals surface area contributed by atoms with Gasteiger partial charge in [0.2, 0.25) is 0 Å². The van der Waals surface area contributed by atoms with Gasteiger partial charge in [-0.15, -0.1) is 11.8 Å². The van der Waals surface area contributed by atoms with Crippen molar-refractivity contribution < 1.29 is 0 Å². The number of rotatable bonds is 2. The zero-order valence-corrected chi connectivity index (χ0v) is 7.61. The third kappa shape index (κ3) is 1.71. The minimum Gasteiger partial charge on any atom is -0.398 e. The van der Waals surface area contributed by atoms with Crippen molar-refractivity contribution in [2.24, 2.45) is 5.73 Å². The summed E-state index contributed by atoms with van der Waals surface area (Å²) in [6.45, 7) is 0. The quantitative estimate of drug-likeness (QED) is 0.278. The summed E-state index contributed by atoms with van der Waals surface area (Å²) in [6.07, 6.45) is 1.97. The van der Waals surface area contributed by atoms with Crippen LogP contribution >= 0.6 is 11.8 Å². The number of nitrogens with two attached hydrogens (primary N) is 2. The average Bonchev–Trinajstić information content (AvgIpc) is 2.03. The van der Waals surface area contributed by atoms with E-state index in [1.165, 1.54) is 0 Å². The lowest BCUT2D eigenvalue weighted by molar-refractivity contribution is 1.39. The summed E-state index contributed by atoms with van der Waals surface area (Å²) in [5.74, 6) is 0.0140. The van der Waals surface area contributed by atoms with Crippen molar-refractivity contribution in [3.63, 3.8) is 0 Å². The van der Waals surface area contributed by atoms with Crippen LogP contribution in [-0.4, -0.2) is 12.1 Å². The SMILES string of the molecule is CSc1ccc(C(=N)N)c(N)c1. The first-order valence-electron chi connectivity index (χ1n) is 3.43. The molecule has 0 heterocycles. The van der Waals surface area contributed by atoms with Crippen molar-refractivity contribution >= 4 is 23.3 Å². The molecule has 0 amide bonds. The van der Waals surface area contributed by atoms with Gasteiger partial charge in [-0.2, -0.15) is 0 Å². The van der Waals surface area contributed by atoms with Crippen molar-refractivity contribution in [1.82, 2.24) is 0 Å². The van der Waals surface area contributed by atoms with Crippen molar-refractivity contribution in [2.45, 2.75) is 4.90 Å². The molecule has 0 aliphatic heterocycles. The van der Waals surface area contributed by atoms with Crippen LogP contribution in [0.3, 0.4) is 0 Å². The Kier molecular flexibility index (Phi) is 2.60. The van der Waals surface area contributed by atoms with E-state index in [4.69, 9.17) is 16.9 Å². The summed E-state index contributed by atoms with van der Waals surface area (Å²) in [5, 5.41) is 7.19. The molecule has 12 heavy (non-hydrogen) atoms. The molecular weight excluding hydrogens is 170 g/mol. The Bertz CT molecular complexity index is 309. The molecule has 0 saturated heterocycles. The second-order valence-electron chi connectivity index (χ2n) is 2.37. The Hall–Kier alpha value is -1.16. The monoisotopic (exact) mass is 181 g/mol. The van der Waals surface area contributed by atoms with E-state index >= 15 is 0 Å². The van der Waals surface area contributed by atoms with E-state index < -0.39 is 0 Å². The lowest BCUT2D eigenvalue weighted by Gasteiger charge is -2.04. The van der Waals surface area contributed by atoms with Crippen LogP contribution in [0.2, 0.25) is 0 Å². The van der Waals surface area contributed by atoms with Gasteiger partial charge in [0.25, 0.3) is 0 Å². The van der Waals surface area contributed by atoms with Gasteiger partial charge >= 0.3 is 0 Å². The van der Waals surface area contributed by atoms with Crippen LogP contribution in [0, 0.1) is 5.41 Å². The Balaban J connectivity index is 3.12. The summed E-state index contributed by atoms with van der Waals surface area (Å²) >= 11 is 1.61. The van der Waals surface area contributed by atoms with Crippen LogP contribution in [0.5, 0.6) is 0 Å². The smallest absolute Gasteiger partial charge is 0.124 e. The lowest BCUT2D eigenvalue weighted by Crippen LogP contribution is -2.13. The fourth-order valence-electron chi connectivity index (χ4n) is 0.913. The molecule has 0 fully saturated rings.